The van der Waals surface area contributed by atoms with Gasteiger partial charge in [-0.25, -0.2) is 0 Å². The zero-order valence-corrected chi connectivity index (χ0v) is 11.8. The molecule has 0 aromatic carbocycles. The van der Waals surface area contributed by atoms with E-state index in [0.717, 1.165) is 12.1 Å². The molecule has 0 aliphatic carbocycles. The monoisotopic (exact) mass is 253 g/mol. The molecular weight excluding hydrogens is 230 g/mol. The van der Waals surface area contributed by atoms with Gasteiger partial charge < -0.3 is 10.4 Å². The van der Waals surface area contributed by atoms with E-state index in [1.165, 1.54) is 0 Å². The quantitative estimate of drug-likeness (QED) is 0.848. The SMILES string of the molecule is Cc1cc(C(=O)NC(CO)CC(C)(C)C)n(C)n1. The predicted octanol–water partition coefficient (Wildman–Crippen LogP) is 1.26. The van der Waals surface area contributed by atoms with Crippen LogP contribution in [0.3, 0.4) is 0 Å². The summed E-state index contributed by atoms with van der Waals surface area (Å²) in [6.07, 6.45) is 0.728. The lowest BCUT2D eigenvalue weighted by Gasteiger charge is -2.25. The van der Waals surface area contributed by atoms with Crippen LogP contribution in [0.1, 0.15) is 43.4 Å². The second-order valence-corrected chi connectivity index (χ2v) is 5.91. The van der Waals surface area contributed by atoms with Crippen molar-refractivity contribution in [3.8, 4) is 0 Å². The summed E-state index contributed by atoms with van der Waals surface area (Å²) in [4.78, 5) is 12.1. The molecule has 1 aromatic rings. The first-order valence-corrected chi connectivity index (χ1v) is 6.15. The molecule has 1 aromatic heterocycles. The van der Waals surface area contributed by atoms with E-state index >= 15 is 0 Å². The van der Waals surface area contributed by atoms with Crippen LogP contribution in [0.15, 0.2) is 6.07 Å². The molecule has 0 fully saturated rings. The van der Waals surface area contributed by atoms with Crippen molar-refractivity contribution in [3.05, 3.63) is 17.5 Å². The number of amides is 1. The van der Waals surface area contributed by atoms with E-state index in [4.69, 9.17) is 0 Å². The largest absolute Gasteiger partial charge is 0.394 e. The molecule has 0 spiro atoms. The highest BCUT2D eigenvalue weighted by molar-refractivity contribution is 5.92. The summed E-state index contributed by atoms with van der Waals surface area (Å²) in [5.74, 6) is -0.193. The standard InChI is InChI=1S/C13H23N3O2/c1-9-6-11(16(5)15-9)12(18)14-10(8-17)7-13(2,3)4/h6,10,17H,7-8H2,1-5H3,(H,14,18). The smallest absolute Gasteiger partial charge is 0.269 e. The van der Waals surface area contributed by atoms with Crippen molar-refractivity contribution in [2.45, 2.75) is 40.2 Å². The molecule has 5 nitrogen and oxygen atoms in total. The minimum absolute atomic E-state index is 0.0557. The number of aliphatic hydroxyl groups is 1. The number of rotatable bonds is 4. The minimum atomic E-state index is -0.229. The fraction of sp³-hybridized carbons (Fsp3) is 0.692. The molecule has 0 aliphatic rings. The van der Waals surface area contributed by atoms with Gasteiger partial charge in [0.2, 0.25) is 0 Å². The van der Waals surface area contributed by atoms with Crippen LogP contribution in [0.4, 0.5) is 0 Å². The molecule has 1 rings (SSSR count). The average Bonchev–Trinajstić information content (AvgIpc) is 2.54. The topological polar surface area (TPSA) is 67.2 Å². The molecule has 2 N–H and O–H groups in total. The van der Waals surface area contributed by atoms with Gasteiger partial charge in [-0.15, -0.1) is 0 Å². The molecule has 5 heteroatoms. The maximum atomic E-state index is 12.1. The number of aromatic nitrogens is 2. The van der Waals surface area contributed by atoms with Gasteiger partial charge >= 0.3 is 0 Å². The first kappa shape index (κ1) is 14.7. The first-order chi connectivity index (χ1) is 8.23. The maximum absolute atomic E-state index is 12.1. The highest BCUT2D eigenvalue weighted by atomic mass is 16.3. The zero-order chi connectivity index (χ0) is 13.9. The van der Waals surface area contributed by atoms with Crippen LogP contribution < -0.4 is 5.32 Å². The van der Waals surface area contributed by atoms with Crippen molar-refractivity contribution in [3.63, 3.8) is 0 Å². The van der Waals surface area contributed by atoms with Crippen LogP contribution in [0.5, 0.6) is 0 Å². The molecule has 1 amide bonds. The summed E-state index contributed by atoms with van der Waals surface area (Å²) >= 11 is 0. The molecular formula is C13H23N3O2. The third-order valence-corrected chi connectivity index (χ3v) is 2.65. The van der Waals surface area contributed by atoms with E-state index in [1.54, 1.807) is 17.8 Å². The molecule has 102 valence electrons. The number of carbonyl (C=O) groups excluding carboxylic acids is 1. The van der Waals surface area contributed by atoms with Crippen molar-refractivity contribution in [1.82, 2.24) is 15.1 Å². The van der Waals surface area contributed by atoms with Crippen LogP contribution in [0.25, 0.3) is 0 Å². The minimum Gasteiger partial charge on any atom is -0.394 e. The molecule has 0 radical (unpaired) electrons. The van der Waals surface area contributed by atoms with Crippen molar-refractivity contribution >= 4 is 5.91 Å². The Morgan fingerprint density at radius 3 is 2.56 bits per heavy atom. The molecule has 0 aliphatic heterocycles. The van der Waals surface area contributed by atoms with Crippen molar-refractivity contribution in [1.29, 1.82) is 0 Å². The Morgan fingerprint density at radius 2 is 2.17 bits per heavy atom. The summed E-state index contributed by atoms with van der Waals surface area (Å²) < 4.78 is 1.55. The lowest BCUT2D eigenvalue weighted by Crippen LogP contribution is -2.40. The van der Waals surface area contributed by atoms with Gasteiger partial charge in [-0.05, 0) is 24.8 Å². The lowest BCUT2D eigenvalue weighted by molar-refractivity contribution is 0.0888. The molecule has 0 saturated heterocycles. The second-order valence-electron chi connectivity index (χ2n) is 5.91. The number of aryl methyl sites for hydroxylation is 2. The van der Waals surface area contributed by atoms with E-state index in [-0.39, 0.29) is 24.0 Å². The predicted molar refractivity (Wildman–Crippen MR) is 70.4 cm³/mol. The van der Waals surface area contributed by atoms with Crippen LogP contribution in [0, 0.1) is 12.3 Å². The summed E-state index contributed by atoms with van der Waals surface area (Å²) in [5.41, 5.74) is 1.38. The van der Waals surface area contributed by atoms with Gasteiger partial charge in [-0.2, -0.15) is 5.10 Å². The second kappa shape index (κ2) is 5.52. The molecule has 18 heavy (non-hydrogen) atoms. The van der Waals surface area contributed by atoms with Gasteiger partial charge in [-0.1, -0.05) is 20.8 Å². The number of nitrogens with zero attached hydrogens (tertiary/aromatic N) is 2. The third kappa shape index (κ3) is 4.14. The number of hydrogen-bond acceptors (Lipinski definition) is 3. The molecule has 1 unspecified atom stereocenters. The zero-order valence-electron chi connectivity index (χ0n) is 11.8. The Kier molecular flexibility index (Phi) is 4.51. The van der Waals surface area contributed by atoms with E-state index < -0.39 is 0 Å². The Bertz CT molecular complexity index is 418. The van der Waals surface area contributed by atoms with Gasteiger partial charge in [-0.3, -0.25) is 9.48 Å². The Labute approximate surface area is 108 Å². The number of aliphatic hydroxyl groups excluding tert-OH is 1. The summed E-state index contributed by atoms with van der Waals surface area (Å²) in [7, 11) is 1.74. The Hall–Kier alpha value is -1.36. The van der Waals surface area contributed by atoms with Gasteiger partial charge in [0.1, 0.15) is 5.69 Å². The fourth-order valence-corrected chi connectivity index (χ4v) is 1.98. The van der Waals surface area contributed by atoms with Gasteiger partial charge in [0.05, 0.1) is 18.3 Å². The van der Waals surface area contributed by atoms with E-state index in [1.807, 2.05) is 6.92 Å². The van der Waals surface area contributed by atoms with Crippen LogP contribution in [-0.2, 0) is 7.05 Å². The molecule has 0 bridgehead atoms. The highest BCUT2D eigenvalue weighted by Gasteiger charge is 2.21. The summed E-state index contributed by atoms with van der Waals surface area (Å²) in [6.45, 7) is 8.03. The highest BCUT2D eigenvalue weighted by Crippen LogP contribution is 2.20. The van der Waals surface area contributed by atoms with Crippen LogP contribution >= 0.6 is 0 Å². The van der Waals surface area contributed by atoms with Crippen molar-refractivity contribution < 1.29 is 9.90 Å². The maximum Gasteiger partial charge on any atom is 0.269 e. The van der Waals surface area contributed by atoms with Crippen LogP contribution in [0.2, 0.25) is 0 Å². The number of nitrogens with one attached hydrogen (secondary N) is 1. The third-order valence-electron chi connectivity index (χ3n) is 2.65. The molecule has 1 atom stereocenters. The van der Waals surface area contributed by atoms with Crippen molar-refractivity contribution in [2.75, 3.05) is 6.61 Å². The van der Waals surface area contributed by atoms with Gasteiger partial charge in [0.25, 0.3) is 5.91 Å². The fourth-order valence-electron chi connectivity index (χ4n) is 1.98. The number of carbonyl (C=O) groups is 1. The van der Waals surface area contributed by atoms with Crippen LogP contribution in [-0.4, -0.2) is 33.4 Å². The molecule has 0 saturated carbocycles. The Balaban J connectivity index is 2.71. The van der Waals surface area contributed by atoms with Gasteiger partial charge in [0.15, 0.2) is 0 Å². The average molecular weight is 253 g/mol. The van der Waals surface area contributed by atoms with E-state index in [2.05, 4.69) is 31.2 Å². The Morgan fingerprint density at radius 1 is 1.56 bits per heavy atom. The van der Waals surface area contributed by atoms with Crippen molar-refractivity contribution in [2.24, 2.45) is 12.5 Å². The lowest BCUT2D eigenvalue weighted by atomic mass is 9.88. The van der Waals surface area contributed by atoms with E-state index in [0.29, 0.717) is 5.69 Å². The molecule has 1 heterocycles. The van der Waals surface area contributed by atoms with E-state index in [9.17, 15) is 9.90 Å². The summed E-state index contributed by atoms with van der Waals surface area (Å²) in [5, 5.41) is 16.3. The van der Waals surface area contributed by atoms with Gasteiger partial charge in [0, 0.05) is 7.05 Å². The normalized spacial score (nSPS) is 13.4. The number of hydrogen-bond donors (Lipinski definition) is 2. The summed E-state index contributed by atoms with van der Waals surface area (Å²) in [6, 6.07) is 1.51. The first-order valence-electron chi connectivity index (χ1n) is 6.15.